The smallest absolute Gasteiger partial charge is 0.224 e. The molecule has 0 aliphatic carbocycles. The first-order valence-corrected chi connectivity index (χ1v) is 10.9. The van der Waals surface area contributed by atoms with Crippen LogP contribution in [0.2, 0.25) is 0 Å². The predicted octanol–water partition coefficient (Wildman–Crippen LogP) is 5.32. The number of amides is 1. The van der Waals surface area contributed by atoms with Gasteiger partial charge in [-0.2, -0.15) is 10.1 Å². The number of fused-ring (bicyclic) bond motifs is 1. The standard InChI is InChI=1S/C26H28N4O2/c1-5-32-26-21(15-16-23(31)27-22-14-10-9-11-17(22)2)18(3)24-19(4)29-30(25(24)28-26)20-12-7-6-8-13-20/h6-14H,5,15-16H2,1-4H3,(H,27,31). The van der Waals surface area contributed by atoms with E-state index in [1.165, 1.54) is 0 Å². The Balaban J connectivity index is 1.67. The lowest BCUT2D eigenvalue weighted by Crippen LogP contribution is -2.14. The van der Waals surface area contributed by atoms with Gasteiger partial charge in [-0.1, -0.05) is 36.4 Å². The van der Waals surface area contributed by atoms with Crippen LogP contribution in [0.15, 0.2) is 54.6 Å². The van der Waals surface area contributed by atoms with E-state index >= 15 is 0 Å². The topological polar surface area (TPSA) is 69.0 Å². The monoisotopic (exact) mass is 428 g/mol. The molecule has 32 heavy (non-hydrogen) atoms. The van der Waals surface area contributed by atoms with Crippen molar-refractivity contribution in [3.8, 4) is 11.6 Å². The Hall–Kier alpha value is -3.67. The van der Waals surface area contributed by atoms with Crippen LogP contribution in [0.25, 0.3) is 16.7 Å². The molecule has 0 fully saturated rings. The van der Waals surface area contributed by atoms with Crippen LogP contribution in [0.5, 0.6) is 5.88 Å². The third kappa shape index (κ3) is 4.21. The van der Waals surface area contributed by atoms with Crippen LogP contribution < -0.4 is 10.1 Å². The summed E-state index contributed by atoms with van der Waals surface area (Å²) in [5.74, 6) is 0.538. The number of rotatable bonds is 7. The summed E-state index contributed by atoms with van der Waals surface area (Å²) in [6.45, 7) is 8.48. The van der Waals surface area contributed by atoms with Crippen molar-refractivity contribution in [2.24, 2.45) is 0 Å². The zero-order valence-electron chi connectivity index (χ0n) is 19.0. The van der Waals surface area contributed by atoms with Crippen molar-refractivity contribution in [1.82, 2.24) is 14.8 Å². The van der Waals surface area contributed by atoms with Crippen molar-refractivity contribution in [3.05, 3.63) is 77.0 Å². The van der Waals surface area contributed by atoms with Crippen molar-refractivity contribution in [2.45, 2.75) is 40.5 Å². The lowest BCUT2D eigenvalue weighted by atomic mass is 10.0. The maximum atomic E-state index is 12.6. The average Bonchev–Trinajstić information content (AvgIpc) is 3.12. The fourth-order valence-electron chi connectivity index (χ4n) is 4.00. The van der Waals surface area contributed by atoms with Gasteiger partial charge in [0.1, 0.15) is 0 Å². The van der Waals surface area contributed by atoms with Crippen LogP contribution in [0.4, 0.5) is 5.69 Å². The third-order valence-electron chi connectivity index (χ3n) is 5.63. The van der Waals surface area contributed by atoms with Gasteiger partial charge in [0.2, 0.25) is 11.8 Å². The second-order valence-corrected chi connectivity index (χ2v) is 7.85. The van der Waals surface area contributed by atoms with Gasteiger partial charge < -0.3 is 10.1 Å². The van der Waals surface area contributed by atoms with Gasteiger partial charge in [-0.3, -0.25) is 4.79 Å². The van der Waals surface area contributed by atoms with E-state index in [0.717, 1.165) is 44.8 Å². The molecule has 164 valence electrons. The van der Waals surface area contributed by atoms with E-state index in [9.17, 15) is 4.79 Å². The molecule has 0 aliphatic rings. The second-order valence-electron chi connectivity index (χ2n) is 7.85. The molecule has 0 saturated heterocycles. The molecular weight excluding hydrogens is 400 g/mol. The molecule has 0 bridgehead atoms. The summed E-state index contributed by atoms with van der Waals surface area (Å²) in [6.07, 6.45) is 0.881. The van der Waals surface area contributed by atoms with Crippen LogP contribution in [0.3, 0.4) is 0 Å². The van der Waals surface area contributed by atoms with Gasteiger partial charge in [0.05, 0.1) is 18.0 Å². The third-order valence-corrected chi connectivity index (χ3v) is 5.63. The number of anilines is 1. The van der Waals surface area contributed by atoms with Gasteiger partial charge in [0.25, 0.3) is 0 Å². The Kier molecular flexibility index (Phi) is 6.21. The normalized spacial score (nSPS) is 11.0. The zero-order valence-corrected chi connectivity index (χ0v) is 19.0. The minimum atomic E-state index is -0.0297. The van der Waals surface area contributed by atoms with Crippen molar-refractivity contribution in [2.75, 3.05) is 11.9 Å². The minimum absolute atomic E-state index is 0.0297. The van der Waals surface area contributed by atoms with Gasteiger partial charge in [-0.25, -0.2) is 4.68 Å². The number of aromatic nitrogens is 3. The number of aryl methyl sites for hydroxylation is 3. The Labute approximate surface area is 188 Å². The summed E-state index contributed by atoms with van der Waals surface area (Å²) in [7, 11) is 0. The molecule has 1 N–H and O–H groups in total. The van der Waals surface area contributed by atoms with E-state index in [1.807, 2.05) is 80.1 Å². The number of ether oxygens (including phenoxy) is 1. The van der Waals surface area contributed by atoms with Gasteiger partial charge >= 0.3 is 0 Å². The molecule has 0 unspecified atom stereocenters. The number of hydrogen-bond acceptors (Lipinski definition) is 4. The second kappa shape index (κ2) is 9.22. The Morgan fingerprint density at radius 3 is 2.47 bits per heavy atom. The SMILES string of the molecule is CCOc1nc2c(c(C)nn2-c2ccccc2)c(C)c1CCC(=O)Nc1ccccc1C. The predicted molar refractivity (Wildman–Crippen MR) is 128 cm³/mol. The summed E-state index contributed by atoms with van der Waals surface area (Å²) >= 11 is 0. The van der Waals surface area contributed by atoms with Gasteiger partial charge in [-0.05, 0) is 63.4 Å². The zero-order chi connectivity index (χ0) is 22.7. The van der Waals surface area contributed by atoms with E-state index in [2.05, 4.69) is 12.2 Å². The number of nitrogens with one attached hydrogen (secondary N) is 1. The minimum Gasteiger partial charge on any atom is -0.478 e. The molecule has 0 spiro atoms. The quantitative estimate of drug-likeness (QED) is 0.433. The fourth-order valence-corrected chi connectivity index (χ4v) is 4.00. The van der Waals surface area contributed by atoms with Crippen LogP contribution in [0.1, 0.15) is 35.7 Å². The van der Waals surface area contributed by atoms with Crippen LogP contribution >= 0.6 is 0 Å². The summed E-state index contributed by atoms with van der Waals surface area (Å²) in [6, 6.07) is 17.7. The number of carbonyl (C=O) groups is 1. The lowest BCUT2D eigenvalue weighted by Gasteiger charge is -2.14. The molecule has 0 saturated carbocycles. The molecule has 6 nitrogen and oxygen atoms in total. The van der Waals surface area contributed by atoms with E-state index in [-0.39, 0.29) is 5.91 Å². The molecule has 0 aliphatic heterocycles. The van der Waals surface area contributed by atoms with Gasteiger partial charge in [0.15, 0.2) is 5.65 Å². The molecule has 4 aromatic rings. The summed E-state index contributed by atoms with van der Waals surface area (Å²) < 4.78 is 7.77. The molecule has 2 aromatic heterocycles. The molecule has 2 aromatic carbocycles. The van der Waals surface area contributed by atoms with Crippen molar-refractivity contribution in [3.63, 3.8) is 0 Å². The summed E-state index contributed by atoms with van der Waals surface area (Å²) in [5, 5.41) is 8.76. The number of para-hydroxylation sites is 2. The fraction of sp³-hybridized carbons (Fsp3) is 0.269. The number of hydrogen-bond donors (Lipinski definition) is 1. The molecule has 2 heterocycles. The molecule has 4 rings (SSSR count). The van der Waals surface area contributed by atoms with E-state index < -0.39 is 0 Å². The highest BCUT2D eigenvalue weighted by atomic mass is 16.5. The highest BCUT2D eigenvalue weighted by molar-refractivity contribution is 5.92. The number of benzene rings is 2. The first kappa shape index (κ1) is 21.6. The largest absolute Gasteiger partial charge is 0.478 e. The maximum Gasteiger partial charge on any atom is 0.224 e. The molecule has 1 amide bonds. The van der Waals surface area contributed by atoms with Crippen molar-refractivity contribution in [1.29, 1.82) is 0 Å². The van der Waals surface area contributed by atoms with E-state index in [0.29, 0.717) is 25.3 Å². The van der Waals surface area contributed by atoms with Crippen LogP contribution in [-0.2, 0) is 11.2 Å². The average molecular weight is 429 g/mol. The van der Waals surface area contributed by atoms with E-state index in [1.54, 1.807) is 0 Å². The first-order valence-electron chi connectivity index (χ1n) is 10.9. The molecule has 6 heteroatoms. The summed E-state index contributed by atoms with van der Waals surface area (Å²) in [4.78, 5) is 17.5. The molecule has 0 radical (unpaired) electrons. The Morgan fingerprint density at radius 2 is 1.75 bits per heavy atom. The lowest BCUT2D eigenvalue weighted by molar-refractivity contribution is -0.116. The van der Waals surface area contributed by atoms with Gasteiger partial charge in [0, 0.05) is 23.1 Å². The Morgan fingerprint density at radius 1 is 1.03 bits per heavy atom. The van der Waals surface area contributed by atoms with E-state index in [4.69, 9.17) is 14.8 Å². The molecule has 0 atom stereocenters. The maximum absolute atomic E-state index is 12.6. The Bertz CT molecular complexity index is 1260. The van der Waals surface area contributed by atoms with Crippen molar-refractivity contribution < 1.29 is 9.53 Å². The first-order chi connectivity index (χ1) is 15.5. The highest BCUT2D eigenvalue weighted by Crippen LogP contribution is 2.32. The van der Waals surface area contributed by atoms with Crippen LogP contribution in [0, 0.1) is 20.8 Å². The van der Waals surface area contributed by atoms with Gasteiger partial charge in [-0.15, -0.1) is 0 Å². The number of carbonyl (C=O) groups excluding carboxylic acids is 1. The number of nitrogens with zero attached hydrogens (tertiary/aromatic N) is 3. The highest BCUT2D eigenvalue weighted by Gasteiger charge is 2.20. The summed E-state index contributed by atoms with van der Waals surface area (Å²) in [5.41, 5.74) is 6.51. The van der Waals surface area contributed by atoms with Crippen molar-refractivity contribution >= 4 is 22.6 Å². The molecular formula is C26H28N4O2. The number of pyridine rings is 1. The van der Waals surface area contributed by atoms with Crippen LogP contribution in [-0.4, -0.2) is 27.3 Å².